The summed E-state index contributed by atoms with van der Waals surface area (Å²) in [4.78, 5) is 28.9. The molecule has 0 aliphatic carbocycles. The van der Waals surface area contributed by atoms with E-state index in [0.717, 1.165) is 0 Å². The fraction of sp³-hybridized carbons (Fsp3) is 0.250. The highest BCUT2D eigenvalue weighted by molar-refractivity contribution is 5.89. The molecule has 14 heavy (non-hydrogen) atoms. The van der Waals surface area contributed by atoms with E-state index >= 15 is 0 Å². The molecule has 0 spiro atoms. The number of aldehydes is 1. The van der Waals surface area contributed by atoms with E-state index in [1.165, 1.54) is 11.5 Å². The van der Waals surface area contributed by atoms with E-state index in [1.54, 1.807) is 7.05 Å². The van der Waals surface area contributed by atoms with E-state index in [9.17, 15) is 9.59 Å². The van der Waals surface area contributed by atoms with Crippen LogP contribution in [0, 0.1) is 0 Å². The fourth-order valence-electron chi connectivity index (χ4n) is 1.01. The summed E-state index contributed by atoms with van der Waals surface area (Å²) in [6.07, 6.45) is 0.613. The number of nitrogens with zero attached hydrogens (tertiary/aromatic N) is 3. The van der Waals surface area contributed by atoms with E-state index < -0.39 is 0 Å². The van der Waals surface area contributed by atoms with Crippen molar-refractivity contribution in [3.8, 4) is 0 Å². The number of aromatic nitrogens is 2. The number of carbonyl (C=O) groups is 2. The summed E-state index contributed by atoms with van der Waals surface area (Å²) in [5.74, 6) is 0.236. The second-order valence-corrected chi connectivity index (χ2v) is 2.66. The van der Waals surface area contributed by atoms with Crippen molar-refractivity contribution in [1.29, 1.82) is 0 Å². The smallest absolute Gasteiger partial charge is 0.223 e. The van der Waals surface area contributed by atoms with Gasteiger partial charge in [-0.1, -0.05) is 0 Å². The molecule has 0 bridgehead atoms. The van der Waals surface area contributed by atoms with Crippen LogP contribution < -0.4 is 5.32 Å². The lowest BCUT2D eigenvalue weighted by atomic mass is 10.5. The van der Waals surface area contributed by atoms with Crippen LogP contribution in [0.4, 0.5) is 11.8 Å². The molecule has 1 rings (SSSR count). The normalized spacial score (nSPS) is 9.57. The summed E-state index contributed by atoms with van der Waals surface area (Å²) < 4.78 is 1.44. The zero-order chi connectivity index (χ0) is 10.7. The van der Waals surface area contributed by atoms with Gasteiger partial charge >= 0.3 is 0 Å². The number of aliphatic imine (C=N–C) groups is 1. The second-order valence-electron chi connectivity index (χ2n) is 2.66. The van der Waals surface area contributed by atoms with Crippen molar-refractivity contribution < 1.29 is 9.59 Å². The maximum atomic E-state index is 10.8. The molecule has 1 amide bonds. The van der Waals surface area contributed by atoms with Crippen LogP contribution in [-0.4, -0.2) is 28.5 Å². The highest BCUT2D eigenvalue weighted by atomic mass is 16.1. The van der Waals surface area contributed by atoms with Crippen LogP contribution in [0.2, 0.25) is 0 Å². The van der Waals surface area contributed by atoms with Crippen molar-refractivity contribution in [3.05, 3.63) is 5.69 Å². The molecule has 1 N–H and O–H groups in total. The van der Waals surface area contributed by atoms with Crippen molar-refractivity contribution in [2.45, 2.75) is 6.92 Å². The maximum absolute atomic E-state index is 10.8. The summed E-state index contributed by atoms with van der Waals surface area (Å²) in [7, 11) is 1.61. The molecule has 74 valence electrons. The minimum Gasteiger partial charge on any atom is -0.309 e. The number of imidazole rings is 1. The van der Waals surface area contributed by atoms with Gasteiger partial charge in [0.2, 0.25) is 11.9 Å². The Morgan fingerprint density at radius 3 is 2.71 bits per heavy atom. The molecule has 0 fully saturated rings. The molecule has 0 atom stereocenters. The minimum absolute atomic E-state index is 0.214. The molecule has 0 aliphatic heterocycles. The Kier molecular flexibility index (Phi) is 2.76. The summed E-state index contributed by atoms with van der Waals surface area (Å²) in [5.41, 5.74) is 0.281. The summed E-state index contributed by atoms with van der Waals surface area (Å²) in [6, 6.07) is 0. The van der Waals surface area contributed by atoms with Crippen molar-refractivity contribution in [2.75, 3.05) is 5.32 Å². The van der Waals surface area contributed by atoms with Crippen LogP contribution in [0.15, 0.2) is 4.99 Å². The standard InChI is InChI=1S/C8H10N4O2/c1-5(14)10-8-11-7(9-2)6(4-13)12(8)3/h4H,2H2,1,3H3,(H,10,11,14). The monoisotopic (exact) mass is 194 g/mol. The van der Waals surface area contributed by atoms with Gasteiger partial charge in [-0.2, -0.15) is 4.98 Å². The van der Waals surface area contributed by atoms with Crippen LogP contribution in [-0.2, 0) is 11.8 Å². The first-order chi connectivity index (χ1) is 6.60. The third-order valence-electron chi connectivity index (χ3n) is 1.67. The molecular formula is C8H10N4O2. The number of anilines is 1. The van der Waals surface area contributed by atoms with Gasteiger partial charge in [0.05, 0.1) is 0 Å². The van der Waals surface area contributed by atoms with Crippen LogP contribution in [0.3, 0.4) is 0 Å². The molecule has 6 heteroatoms. The van der Waals surface area contributed by atoms with Crippen molar-refractivity contribution >= 4 is 30.7 Å². The molecular weight excluding hydrogens is 184 g/mol. The molecule has 0 aliphatic rings. The number of nitrogens with one attached hydrogen (secondary N) is 1. The predicted molar refractivity (Wildman–Crippen MR) is 52.1 cm³/mol. The van der Waals surface area contributed by atoms with Gasteiger partial charge in [0.15, 0.2) is 12.1 Å². The Bertz CT molecular complexity index is 394. The zero-order valence-corrected chi connectivity index (χ0v) is 7.94. The average molecular weight is 194 g/mol. The number of amides is 1. The van der Waals surface area contributed by atoms with Crippen LogP contribution in [0.1, 0.15) is 17.4 Å². The number of carbonyl (C=O) groups excluding carboxylic acids is 2. The van der Waals surface area contributed by atoms with E-state index in [0.29, 0.717) is 6.29 Å². The van der Waals surface area contributed by atoms with E-state index in [-0.39, 0.29) is 23.4 Å². The van der Waals surface area contributed by atoms with Gasteiger partial charge in [-0.05, 0) is 6.72 Å². The summed E-state index contributed by atoms with van der Waals surface area (Å²) >= 11 is 0. The zero-order valence-electron chi connectivity index (χ0n) is 7.94. The fourth-order valence-corrected chi connectivity index (χ4v) is 1.01. The van der Waals surface area contributed by atoms with Gasteiger partial charge in [0.1, 0.15) is 5.69 Å². The van der Waals surface area contributed by atoms with Crippen molar-refractivity contribution in [2.24, 2.45) is 12.0 Å². The summed E-state index contributed by atoms with van der Waals surface area (Å²) in [6.45, 7) is 4.63. The van der Waals surface area contributed by atoms with E-state index in [2.05, 4.69) is 22.0 Å². The number of rotatable bonds is 3. The largest absolute Gasteiger partial charge is 0.309 e. The highest BCUT2D eigenvalue weighted by Gasteiger charge is 2.13. The van der Waals surface area contributed by atoms with Gasteiger partial charge in [0.25, 0.3) is 0 Å². The lowest BCUT2D eigenvalue weighted by Crippen LogP contribution is -2.11. The Morgan fingerprint density at radius 1 is 1.71 bits per heavy atom. The highest BCUT2D eigenvalue weighted by Crippen LogP contribution is 2.19. The molecule has 0 aromatic carbocycles. The Morgan fingerprint density at radius 2 is 2.36 bits per heavy atom. The SMILES string of the molecule is C=Nc1nc(NC(C)=O)n(C)c1C=O. The van der Waals surface area contributed by atoms with E-state index in [1.807, 2.05) is 0 Å². The van der Waals surface area contributed by atoms with Crippen molar-refractivity contribution in [1.82, 2.24) is 9.55 Å². The number of hydrogen-bond acceptors (Lipinski definition) is 4. The Hall–Kier alpha value is -1.98. The lowest BCUT2D eigenvalue weighted by molar-refractivity contribution is -0.114. The van der Waals surface area contributed by atoms with E-state index in [4.69, 9.17) is 0 Å². The minimum atomic E-state index is -0.258. The number of hydrogen-bond donors (Lipinski definition) is 1. The van der Waals surface area contributed by atoms with Gasteiger partial charge < -0.3 is 4.57 Å². The van der Waals surface area contributed by atoms with Crippen LogP contribution >= 0.6 is 0 Å². The Balaban J connectivity index is 3.19. The molecule has 0 unspecified atom stereocenters. The van der Waals surface area contributed by atoms with Crippen LogP contribution in [0.5, 0.6) is 0 Å². The lowest BCUT2D eigenvalue weighted by Gasteiger charge is -2.00. The molecule has 0 saturated heterocycles. The topological polar surface area (TPSA) is 76.3 Å². The first-order valence-electron chi connectivity index (χ1n) is 3.86. The first-order valence-corrected chi connectivity index (χ1v) is 3.86. The molecule has 1 aromatic heterocycles. The average Bonchev–Trinajstić information content (AvgIpc) is 2.42. The third-order valence-corrected chi connectivity index (χ3v) is 1.67. The maximum Gasteiger partial charge on any atom is 0.223 e. The molecule has 1 aromatic rings. The van der Waals surface area contributed by atoms with Crippen molar-refractivity contribution in [3.63, 3.8) is 0 Å². The van der Waals surface area contributed by atoms with Crippen LogP contribution in [0.25, 0.3) is 0 Å². The molecule has 1 heterocycles. The van der Waals surface area contributed by atoms with Gasteiger partial charge in [-0.25, -0.2) is 4.99 Å². The summed E-state index contributed by atoms with van der Waals surface area (Å²) in [5, 5.41) is 2.47. The van der Waals surface area contributed by atoms with Gasteiger partial charge in [0, 0.05) is 14.0 Å². The first kappa shape index (κ1) is 10.1. The van der Waals surface area contributed by atoms with Gasteiger partial charge in [-0.3, -0.25) is 14.9 Å². The quantitative estimate of drug-likeness (QED) is 0.563. The molecule has 0 saturated carbocycles. The molecule has 0 radical (unpaired) electrons. The Labute approximate surface area is 80.7 Å². The molecule has 6 nitrogen and oxygen atoms in total. The van der Waals surface area contributed by atoms with Gasteiger partial charge in [-0.15, -0.1) is 0 Å². The second kappa shape index (κ2) is 3.82. The predicted octanol–water partition coefficient (Wildman–Crippen LogP) is 0.523. The third kappa shape index (κ3) is 1.68.